The molecule has 108 valence electrons. The Morgan fingerprint density at radius 3 is 1.78 bits per heavy atom. The molecule has 0 saturated heterocycles. The smallest absolute Gasteiger partial charge is 0.0233 e. The molecule has 0 spiro atoms. The minimum atomic E-state index is 0. The molecule has 0 saturated carbocycles. The van der Waals surface area contributed by atoms with Crippen LogP contribution in [0.4, 0.5) is 0 Å². The van der Waals surface area contributed by atoms with Crippen molar-refractivity contribution in [3.8, 4) is 0 Å². The van der Waals surface area contributed by atoms with E-state index in [0.29, 0.717) is 0 Å². The lowest BCUT2D eigenvalue weighted by Gasteiger charge is -2.24. The van der Waals surface area contributed by atoms with E-state index >= 15 is 0 Å². The Morgan fingerprint density at radius 2 is 1.28 bits per heavy atom. The topological polar surface area (TPSA) is 3.24 Å². The van der Waals surface area contributed by atoms with Gasteiger partial charge in [0.25, 0.3) is 0 Å². The van der Waals surface area contributed by atoms with Gasteiger partial charge in [-0.2, -0.15) is 0 Å². The SMILES string of the molecule is C.CC.CC.CC.CN1CCc2ccccc2C1. The van der Waals surface area contributed by atoms with Crippen LogP contribution in [0.1, 0.15) is 60.1 Å². The molecule has 1 aliphatic heterocycles. The van der Waals surface area contributed by atoms with Gasteiger partial charge in [-0.1, -0.05) is 73.2 Å². The third-order valence-corrected chi connectivity index (χ3v) is 2.32. The zero-order valence-electron chi connectivity index (χ0n) is 12.9. The third kappa shape index (κ3) is 8.30. The Balaban J connectivity index is -0.000000285. The Bertz CT molecular complexity index is 256. The normalized spacial score (nSPS) is 11.9. The lowest BCUT2D eigenvalue weighted by Crippen LogP contribution is -2.26. The highest BCUT2D eigenvalue weighted by molar-refractivity contribution is 5.28. The molecule has 0 radical (unpaired) electrons. The highest BCUT2D eigenvalue weighted by Crippen LogP contribution is 2.16. The molecular weight excluding hydrogens is 218 g/mol. The van der Waals surface area contributed by atoms with Gasteiger partial charge in [-0.15, -0.1) is 0 Å². The van der Waals surface area contributed by atoms with Crippen LogP contribution in [0.2, 0.25) is 0 Å². The summed E-state index contributed by atoms with van der Waals surface area (Å²) in [5.74, 6) is 0. The quantitative estimate of drug-likeness (QED) is 0.599. The molecule has 0 amide bonds. The molecule has 0 fully saturated rings. The molecule has 1 nitrogen and oxygen atoms in total. The minimum Gasteiger partial charge on any atom is -0.302 e. The largest absolute Gasteiger partial charge is 0.302 e. The van der Waals surface area contributed by atoms with E-state index in [-0.39, 0.29) is 7.43 Å². The van der Waals surface area contributed by atoms with Crippen LogP contribution in [-0.2, 0) is 13.0 Å². The Kier molecular flexibility index (Phi) is 20.1. The Hall–Kier alpha value is -0.820. The molecule has 18 heavy (non-hydrogen) atoms. The fourth-order valence-corrected chi connectivity index (χ4v) is 1.64. The fraction of sp³-hybridized carbons (Fsp3) is 0.647. The van der Waals surface area contributed by atoms with Gasteiger partial charge < -0.3 is 4.90 Å². The number of nitrogens with zero attached hydrogens (tertiary/aromatic N) is 1. The number of benzene rings is 1. The van der Waals surface area contributed by atoms with Crippen molar-refractivity contribution >= 4 is 0 Å². The summed E-state index contributed by atoms with van der Waals surface area (Å²) in [5.41, 5.74) is 3.03. The molecule has 0 aromatic heterocycles. The zero-order valence-corrected chi connectivity index (χ0v) is 12.9. The summed E-state index contributed by atoms with van der Waals surface area (Å²) in [6.45, 7) is 14.3. The highest BCUT2D eigenvalue weighted by Gasteiger charge is 2.10. The average Bonchev–Trinajstić information content (AvgIpc) is 2.45. The van der Waals surface area contributed by atoms with Crippen molar-refractivity contribution in [2.45, 2.75) is 61.9 Å². The molecule has 1 aromatic carbocycles. The molecule has 0 aliphatic carbocycles. The van der Waals surface area contributed by atoms with Crippen molar-refractivity contribution < 1.29 is 0 Å². The van der Waals surface area contributed by atoms with Gasteiger partial charge in [0, 0.05) is 13.1 Å². The number of rotatable bonds is 0. The first-order chi connectivity index (χ1) is 8.36. The molecule has 1 heteroatoms. The van der Waals surface area contributed by atoms with Crippen molar-refractivity contribution in [2.75, 3.05) is 13.6 Å². The maximum absolute atomic E-state index is 2.36. The van der Waals surface area contributed by atoms with Crippen LogP contribution in [0.15, 0.2) is 24.3 Å². The average molecular weight is 253 g/mol. The predicted octanol–water partition coefficient (Wildman–Crippen LogP) is 5.39. The van der Waals surface area contributed by atoms with Crippen LogP contribution >= 0.6 is 0 Å². The number of hydrogen-bond acceptors (Lipinski definition) is 1. The zero-order chi connectivity index (χ0) is 13.7. The van der Waals surface area contributed by atoms with Crippen molar-refractivity contribution in [3.05, 3.63) is 35.4 Å². The van der Waals surface area contributed by atoms with Gasteiger partial charge in [-0.25, -0.2) is 0 Å². The van der Waals surface area contributed by atoms with Crippen molar-refractivity contribution in [1.82, 2.24) is 4.90 Å². The summed E-state index contributed by atoms with van der Waals surface area (Å²) in [6, 6.07) is 8.72. The van der Waals surface area contributed by atoms with E-state index in [1.807, 2.05) is 41.5 Å². The van der Waals surface area contributed by atoms with Crippen LogP contribution in [0.25, 0.3) is 0 Å². The molecule has 1 aromatic rings. The molecule has 0 unspecified atom stereocenters. The lowest BCUT2D eigenvalue weighted by atomic mass is 10.0. The van der Waals surface area contributed by atoms with Crippen LogP contribution in [0.5, 0.6) is 0 Å². The fourth-order valence-electron chi connectivity index (χ4n) is 1.64. The standard InChI is InChI=1S/C10H13N.3C2H6.CH4/c1-11-7-6-9-4-2-3-5-10(9)8-11;3*1-2;/h2-5H,6-8H2,1H3;3*1-2H3;1H4. The van der Waals surface area contributed by atoms with Gasteiger partial charge in [-0.3, -0.25) is 0 Å². The molecular formula is C17H35N. The van der Waals surface area contributed by atoms with Crippen LogP contribution < -0.4 is 0 Å². The van der Waals surface area contributed by atoms with Gasteiger partial charge >= 0.3 is 0 Å². The van der Waals surface area contributed by atoms with E-state index in [4.69, 9.17) is 0 Å². The second kappa shape index (κ2) is 16.2. The number of fused-ring (bicyclic) bond motifs is 1. The van der Waals surface area contributed by atoms with E-state index < -0.39 is 0 Å². The molecule has 1 aliphatic rings. The van der Waals surface area contributed by atoms with Gasteiger partial charge in [-0.05, 0) is 24.6 Å². The van der Waals surface area contributed by atoms with Crippen molar-refractivity contribution in [3.63, 3.8) is 0 Å². The van der Waals surface area contributed by atoms with E-state index in [2.05, 4.69) is 36.2 Å². The van der Waals surface area contributed by atoms with Gasteiger partial charge in [0.2, 0.25) is 0 Å². The van der Waals surface area contributed by atoms with Crippen LogP contribution in [0, 0.1) is 0 Å². The first-order valence-electron chi connectivity index (χ1n) is 7.11. The first-order valence-corrected chi connectivity index (χ1v) is 7.11. The van der Waals surface area contributed by atoms with E-state index in [9.17, 15) is 0 Å². The molecule has 1 heterocycles. The lowest BCUT2D eigenvalue weighted by molar-refractivity contribution is 0.313. The highest BCUT2D eigenvalue weighted by atomic mass is 15.1. The second-order valence-electron chi connectivity index (χ2n) is 3.26. The van der Waals surface area contributed by atoms with Crippen LogP contribution in [-0.4, -0.2) is 18.5 Å². The Morgan fingerprint density at radius 1 is 0.833 bits per heavy atom. The summed E-state index contributed by atoms with van der Waals surface area (Å²) in [7, 11) is 2.18. The molecule has 2 rings (SSSR count). The Labute approximate surface area is 116 Å². The van der Waals surface area contributed by atoms with Gasteiger partial charge in [0.05, 0.1) is 0 Å². The summed E-state index contributed by atoms with van der Waals surface area (Å²) in [4.78, 5) is 2.36. The maximum Gasteiger partial charge on any atom is 0.0233 e. The van der Waals surface area contributed by atoms with Gasteiger partial charge in [0.15, 0.2) is 0 Å². The monoisotopic (exact) mass is 253 g/mol. The summed E-state index contributed by atoms with van der Waals surface area (Å²) in [6.07, 6.45) is 1.21. The van der Waals surface area contributed by atoms with E-state index in [0.717, 1.165) is 6.54 Å². The van der Waals surface area contributed by atoms with E-state index in [1.54, 1.807) is 0 Å². The van der Waals surface area contributed by atoms with Crippen molar-refractivity contribution in [1.29, 1.82) is 0 Å². The number of hydrogen-bond donors (Lipinski definition) is 0. The van der Waals surface area contributed by atoms with Crippen molar-refractivity contribution in [2.24, 2.45) is 0 Å². The van der Waals surface area contributed by atoms with Crippen LogP contribution in [0.3, 0.4) is 0 Å². The summed E-state index contributed by atoms with van der Waals surface area (Å²) < 4.78 is 0. The molecule has 0 bridgehead atoms. The second-order valence-corrected chi connectivity index (χ2v) is 3.26. The van der Waals surface area contributed by atoms with E-state index in [1.165, 1.54) is 24.1 Å². The summed E-state index contributed by atoms with van der Waals surface area (Å²) >= 11 is 0. The molecule has 0 N–H and O–H groups in total. The first kappa shape index (κ1) is 22.4. The number of likely N-dealkylation sites (N-methyl/N-ethyl adjacent to an activating group) is 1. The maximum atomic E-state index is 2.36. The molecule has 0 atom stereocenters. The minimum absolute atomic E-state index is 0. The third-order valence-electron chi connectivity index (χ3n) is 2.32. The predicted molar refractivity (Wildman–Crippen MR) is 87.3 cm³/mol. The van der Waals surface area contributed by atoms with Gasteiger partial charge in [0.1, 0.15) is 0 Å². The summed E-state index contributed by atoms with van der Waals surface area (Å²) in [5, 5.41) is 0.